The molecule has 3 aromatic rings. The number of thiophene rings is 1. The predicted octanol–water partition coefficient (Wildman–Crippen LogP) is 0.953. The molecule has 0 bridgehead atoms. The average Bonchev–Trinajstić information content (AvgIpc) is 3.01. The van der Waals surface area contributed by atoms with Crippen LogP contribution in [0.25, 0.3) is 10.3 Å². The summed E-state index contributed by atoms with van der Waals surface area (Å²) in [6.45, 7) is 0.242. The first kappa shape index (κ1) is 12.8. The van der Waals surface area contributed by atoms with E-state index in [4.69, 9.17) is 5.73 Å². The van der Waals surface area contributed by atoms with Crippen molar-refractivity contribution in [2.75, 3.05) is 5.73 Å². The van der Waals surface area contributed by atoms with Crippen LogP contribution in [0, 0.1) is 0 Å². The van der Waals surface area contributed by atoms with Crippen LogP contribution in [0.4, 0.5) is 5.69 Å². The number of fused-ring (bicyclic) bond motifs is 1. The molecule has 3 aromatic heterocycles. The number of aromatic nitrogens is 3. The number of hydrogen-bond donors (Lipinski definition) is 3. The Bertz CT molecular complexity index is 835. The highest BCUT2D eigenvalue weighted by molar-refractivity contribution is 7.21. The molecule has 9 heteroatoms. The Balaban J connectivity index is 1.82. The molecule has 0 spiro atoms. The lowest BCUT2D eigenvalue weighted by Gasteiger charge is -2.01. The zero-order valence-corrected chi connectivity index (χ0v) is 11.7. The molecular formula is C11H9N5O2S2. The van der Waals surface area contributed by atoms with Crippen molar-refractivity contribution in [2.45, 2.75) is 6.54 Å². The van der Waals surface area contributed by atoms with E-state index in [1.165, 1.54) is 17.5 Å². The number of amides is 1. The molecule has 0 saturated heterocycles. The normalized spacial score (nSPS) is 10.8. The van der Waals surface area contributed by atoms with Gasteiger partial charge >= 0.3 is 4.87 Å². The molecule has 0 radical (unpaired) electrons. The summed E-state index contributed by atoms with van der Waals surface area (Å²) in [4.78, 5) is 34.8. The summed E-state index contributed by atoms with van der Waals surface area (Å²) in [6.07, 6.45) is 3.08. The predicted molar refractivity (Wildman–Crippen MR) is 77.9 cm³/mol. The number of aromatic amines is 1. The maximum atomic E-state index is 12.1. The first-order valence-corrected chi connectivity index (χ1v) is 7.28. The van der Waals surface area contributed by atoms with Gasteiger partial charge in [0.15, 0.2) is 0 Å². The van der Waals surface area contributed by atoms with E-state index in [1.807, 2.05) is 0 Å². The molecule has 0 aliphatic rings. The highest BCUT2D eigenvalue weighted by atomic mass is 32.1. The minimum atomic E-state index is -0.306. The van der Waals surface area contributed by atoms with Crippen molar-refractivity contribution in [3.05, 3.63) is 38.0 Å². The van der Waals surface area contributed by atoms with Gasteiger partial charge < -0.3 is 16.0 Å². The van der Waals surface area contributed by atoms with E-state index in [0.717, 1.165) is 11.3 Å². The van der Waals surface area contributed by atoms with Crippen molar-refractivity contribution in [3.63, 3.8) is 0 Å². The minimum Gasteiger partial charge on any atom is -0.396 e. The van der Waals surface area contributed by atoms with E-state index in [9.17, 15) is 9.59 Å². The van der Waals surface area contributed by atoms with Gasteiger partial charge in [-0.2, -0.15) is 0 Å². The number of nitrogens with zero attached hydrogens (tertiary/aromatic N) is 2. The number of thiazole rings is 1. The van der Waals surface area contributed by atoms with E-state index >= 15 is 0 Å². The molecule has 0 unspecified atom stereocenters. The number of nitrogens with two attached hydrogens (primary N) is 1. The molecule has 0 aromatic carbocycles. The fraction of sp³-hybridized carbons (Fsp3) is 0.0909. The van der Waals surface area contributed by atoms with Crippen LogP contribution in [0.1, 0.15) is 15.4 Å². The molecule has 1 amide bonds. The number of carbonyl (C=O) groups is 1. The van der Waals surface area contributed by atoms with E-state index in [1.54, 1.807) is 11.6 Å². The van der Waals surface area contributed by atoms with Crippen molar-refractivity contribution < 1.29 is 4.79 Å². The van der Waals surface area contributed by atoms with Gasteiger partial charge in [-0.1, -0.05) is 11.3 Å². The molecule has 7 nitrogen and oxygen atoms in total. The molecule has 0 atom stereocenters. The topological polar surface area (TPSA) is 114 Å². The number of nitrogens with one attached hydrogen (secondary N) is 2. The van der Waals surface area contributed by atoms with Crippen molar-refractivity contribution in [1.82, 2.24) is 20.3 Å². The van der Waals surface area contributed by atoms with Gasteiger partial charge in [0.1, 0.15) is 15.2 Å². The van der Waals surface area contributed by atoms with Crippen molar-refractivity contribution in [2.24, 2.45) is 0 Å². The van der Waals surface area contributed by atoms with Crippen molar-refractivity contribution >= 4 is 44.6 Å². The number of H-pyrrole nitrogens is 1. The second kappa shape index (κ2) is 5.02. The molecule has 102 valence electrons. The summed E-state index contributed by atoms with van der Waals surface area (Å²) in [5.41, 5.74) is 7.42. The maximum absolute atomic E-state index is 12.1. The maximum Gasteiger partial charge on any atom is 0.304 e. The molecule has 3 heterocycles. The lowest BCUT2D eigenvalue weighted by Crippen LogP contribution is -2.23. The van der Waals surface area contributed by atoms with Crippen LogP contribution in [0.15, 0.2) is 22.6 Å². The Morgan fingerprint density at radius 2 is 2.20 bits per heavy atom. The highest BCUT2D eigenvalue weighted by Gasteiger charge is 2.17. The SMILES string of the molecule is Nc1c(C(=O)NCc2csc(=O)[nH]2)sc2nccnc12. The second-order valence-electron chi connectivity index (χ2n) is 3.91. The number of carbonyl (C=O) groups excluding carboxylic acids is 1. The van der Waals surface area contributed by atoms with Crippen LogP contribution in [0.3, 0.4) is 0 Å². The fourth-order valence-corrected chi connectivity index (χ4v) is 3.19. The van der Waals surface area contributed by atoms with Gasteiger partial charge in [-0.15, -0.1) is 11.3 Å². The van der Waals surface area contributed by atoms with Crippen LogP contribution < -0.4 is 15.9 Å². The highest BCUT2D eigenvalue weighted by Crippen LogP contribution is 2.30. The molecule has 0 fully saturated rings. The van der Waals surface area contributed by atoms with Gasteiger partial charge in [0, 0.05) is 23.5 Å². The van der Waals surface area contributed by atoms with Gasteiger partial charge in [-0.25, -0.2) is 9.97 Å². The summed E-state index contributed by atoms with van der Waals surface area (Å²) in [6, 6.07) is 0. The largest absolute Gasteiger partial charge is 0.396 e. The van der Waals surface area contributed by atoms with E-state index in [0.29, 0.717) is 26.6 Å². The Morgan fingerprint density at radius 3 is 2.90 bits per heavy atom. The molecule has 0 saturated carbocycles. The van der Waals surface area contributed by atoms with Gasteiger partial charge in [-0.05, 0) is 0 Å². The Hall–Kier alpha value is -2.26. The van der Waals surface area contributed by atoms with E-state index < -0.39 is 0 Å². The number of nitrogen functional groups attached to an aromatic ring is 1. The van der Waals surface area contributed by atoms with Crippen molar-refractivity contribution in [1.29, 1.82) is 0 Å². The molecular weight excluding hydrogens is 298 g/mol. The van der Waals surface area contributed by atoms with Gasteiger partial charge in [-0.3, -0.25) is 9.59 Å². The standard InChI is InChI=1S/C11H9N5O2S2/c12-6-7-10(14-2-1-13-7)20-8(6)9(17)15-3-5-4-19-11(18)16-5/h1-2,4H,3,12H2,(H,15,17)(H,16,18). The number of rotatable bonds is 3. The summed E-state index contributed by atoms with van der Waals surface area (Å²) < 4.78 is 0. The van der Waals surface area contributed by atoms with Gasteiger partial charge in [0.2, 0.25) is 0 Å². The van der Waals surface area contributed by atoms with E-state index in [-0.39, 0.29) is 17.3 Å². The quantitative estimate of drug-likeness (QED) is 0.666. The van der Waals surface area contributed by atoms with Crippen LogP contribution >= 0.6 is 22.7 Å². The van der Waals surface area contributed by atoms with E-state index in [2.05, 4.69) is 20.3 Å². The third kappa shape index (κ3) is 2.28. The zero-order chi connectivity index (χ0) is 14.1. The number of hydrogen-bond acceptors (Lipinski definition) is 7. The Morgan fingerprint density at radius 1 is 1.40 bits per heavy atom. The first-order valence-electron chi connectivity index (χ1n) is 5.59. The summed E-state index contributed by atoms with van der Waals surface area (Å²) >= 11 is 2.25. The summed E-state index contributed by atoms with van der Waals surface area (Å²) in [7, 11) is 0. The summed E-state index contributed by atoms with van der Waals surface area (Å²) in [5.74, 6) is -0.306. The lowest BCUT2D eigenvalue weighted by atomic mass is 10.3. The minimum absolute atomic E-state index is 0.149. The lowest BCUT2D eigenvalue weighted by molar-refractivity contribution is 0.0955. The third-order valence-electron chi connectivity index (χ3n) is 2.58. The van der Waals surface area contributed by atoms with Crippen LogP contribution in [-0.4, -0.2) is 20.9 Å². The molecule has 20 heavy (non-hydrogen) atoms. The first-order chi connectivity index (χ1) is 9.65. The number of anilines is 1. The molecule has 0 aliphatic carbocycles. The third-order valence-corrected chi connectivity index (χ3v) is 4.40. The molecule has 0 aliphatic heterocycles. The van der Waals surface area contributed by atoms with Crippen LogP contribution in [0.5, 0.6) is 0 Å². The Kier molecular flexibility index (Phi) is 3.20. The smallest absolute Gasteiger partial charge is 0.304 e. The monoisotopic (exact) mass is 307 g/mol. The average molecular weight is 307 g/mol. The van der Waals surface area contributed by atoms with Crippen molar-refractivity contribution in [3.8, 4) is 0 Å². The second-order valence-corrected chi connectivity index (χ2v) is 5.75. The summed E-state index contributed by atoms with van der Waals surface area (Å²) in [5, 5.41) is 4.37. The molecule has 3 rings (SSSR count). The molecule has 4 N–H and O–H groups in total. The zero-order valence-electron chi connectivity index (χ0n) is 10.0. The Labute approximate surface area is 120 Å². The van der Waals surface area contributed by atoms with Gasteiger partial charge in [0.05, 0.1) is 12.2 Å². The van der Waals surface area contributed by atoms with Gasteiger partial charge in [0.25, 0.3) is 5.91 Å². The fourth-order valence-electron chi connectivity index (χ4n) is 1.67. The van der Waals surface area contributed by atoms with Crippen LogP contribution in [0.2, 0.25) is 0 Å². The van der Waals surface area contributed by atoms with Crippen LogP contribution in [-0.2, 0) is 6.54 Å².